The quantitative estimate of drug-likeness (QED) is 0.623. The summed E-state index contributed by atoms with van der Waals surface area (Å²) in [5.74, 6) is 0.898. The van der Waals surface area contributed by atoms with Crippen LogP contribution in [0, 0.1) is 0 Å². The fraction of sp³-hybridized carbons (Fsp3) is 0.300. The van der Waals surface area contributed by atoms with Crippen molar-refractivity contribution in [3.05, 3.63) is 66.2 Å². The smallest absolute Gasteiger partial charge is 0.227 e. The Hall–Kier alpha value is -3.06. The van der Waals surface area contributed by atoms with Gasteiger partial charge in [-0.3, -0.25) is 9.78 Å². The molecule has 0 radical (unpaired) electrons. The molecule has 0 saturated heterocycles. The van der Waals surface area contributed by atoms with Crippen molar-refractivity contribution >= 4 is 5.91 Å². The van der Waals surface area contributed by atoms with Crippen LogP contribution >= 0.6 is 0 Å². The molecule has 0 spiro atoms. The van der Waals surface area contributed by atoms with Crippen molar-refractivity contribution < 1.29 is 9.32 Å². The maximum atomic E-state index is 12.6. The molecule has 0 aliphatic carbocycles. The zero-order chi connectivity index (χ0) is 18.9. The monoisotopic (exact) mass is 365 g/mol. The number of hydrogen-bond donors (Lipinski definition) is 1. The number of hydrogen-bond acceptors (Lipinski definition) is 6. The van der Waals surface area contributed by atoms with Gasteiger partial charge in [0.2, 0.25) is 17.6 Å². The van der Waals surface area contributed by atoms with E-state index in [2.05, 4.69) is 27.3 Å². The third-order valence-corrected chi connectivity index (χ3v) is 4.18. The molecule has 0 aliphatic heterocycles. The van der Waals surface area contributed by atoms with Crippen molar-refractivity contribution in [1.29, 1.82) is 0 Å². The molecule has 2 N–H and O–H groups in total. The first-order valence-corrected chi connectivity index (χ1v) is 9.02. The molecule has 0 unspecified atom stereocenters. The largest absolute Gasteiger partial charge is 0.341 e. The van der Waals surface area contributed by atoms with Gasteiger partial charge in [-0.25, -0.2) is 0 Å². The van der Waals surface area contributed by atoms with Gasteiger partial charge in [-0.2, -0.15) is 4.98 Å². The van der Waals surface area contributed by atoms with E-state index < -0.39 is 0 Å². The number of nitrogens with zero attached hydrogens (tertiary/aromatic N) is 4. The van der Waals surface area contributed by atoms with Crippen LogP contribution in [0.2, 0.25) is 0 Å². The zero-order valence-corrected chi connectivity index (χ0v) is 15.1. The second-order valence-corrected chi connectivity index (χ2v) is 6.13. The second kappa shape index (κ2) is 9.59. The molecular formula is C20H23N5O2. The summed E-state index contributed by atoms with van der Waals surface area (Å²) in [6.45, 7) is 1.61. The van der Waals surface area contributed by atoms with Gasteiger partial charge in [0.15, 0.2) is 0 Å². The summed E-state index contributed by atoms with van der Waals surface area (Å²) in [5.41, 5.74) is 7.51. The molecule has 0 aliphatic rings. The summed E-state index contributed by atoms with van der Waals surface area (Å²) in [5, 5.41) is 3.93. The van der Waals surface area contributed by atoms with Crippen molar-refractivity contribution in [1.82, 2.24) is 20.0 Å². The highest BCUT2D eigenvalue weighted by molar-refractivity contribution is 5.76. The van der Waals surface area contributed by atoms with E-state index in [1.54, 1.807) is 11.1 Å². The van der Waals surface area contributed by atoms with Crippen molar-refractivity contribution in [2.45, 2.75) is 19.3 Å². The third kappa shape index (κ3) is 5.46. The third-order valence-electron chi connectivity index (χ3n) is 4.18. The Bertz CT molecular complexity index is 836. The summed E-state index contributed by atoms with van der Waals surface area (Å²) in [4.78, 5) is 22.9. The van der Waals surface area contributed by atoms with Crippen LogP contribution in [-0.2, 0) is 17.6 Å². The van der Waals surface area contributed by atoms with Crippen molar-refractivity contribution in [2.24, 2.45) is 5.73 Å². The van der Waals surface area contributed by atoms with E-state index in [1.807, 2.05) is 36.4 Å². The zero-order valence-electron chi connectivity index (χ0n) is 15.1. The lowest BCUT2D eigenvalue weighted by Crippen LogP contribution is -2.37. The molecule has 0 bridgehead atoms. The number of carbonyl (C=O) groups excluding carboxylic acids is 1. The number of aryl methyl sites for hydroxylation is 1. The van der Waals surface area contributed by atoms with Crippen LogP contribution in [0.4, 0.5) is 0 Å². The molecule has 1 aromatic carbocycles. The molecular weight excluding hydrogens is 342 g/mol. The highest BCUT2D eigenvalue weighted by Gasteiger charge is 2.16. The first-order valence-electron chi connectivity index (χ1n) is 9.02. The van der Waals surface area contributed by atoms with Crippen molar-refractivity contribution in [3.8, 4) is 11.5 Å². The highest BCUT2D eigenvalue weighted by atomic mass is 16.5. The molecule has 1 amide bonds. The second-order valence-electron chi connectivity index (χ2n) is 6.13. The van der Waals surface area contributed by atoms with E-state index in [1.165, 1.54) is 5.56 Å². The molecule has 2 heterocycles. The average molecular weight is 365 g/mol. The molecule has 2 aromatic heterocycles. The summed E-state index contributed by atoms with van der Waals surface area (Å²) in [6.07, 6.45) is 3.17. The minimum atomic E-state index is 0.0361. The van der Waals surface area contributed by atoms with Crippen LogP contribution in [0.5, 0.6) is 0 Å². The molecule has 0 saturated carbocycles. The lowest BCUT2D eigenvalue weighted by atomic mass is 10.1. The van der Waals surface area contributed by atoms with Crippen LogP contribution in [0.25, 0.3) is 11.5 Å². The minimum Gasteiger partial charge on any atom is -0.341 e. The first-order chi connectivity index (χ1) is 13.3. The van der Waals surface area contributed by atoms with Crippen LogP contribution in [0.3, 0.4) is 0 Å². The van der Waals surface area contributed by atoms with Gasteiger partial charge in [0.05, 0.1) is 0 Å². The lowest BCUT2D eigenvalue weighted by Gasteiger charge is -2.22. The summed E-state index contributed by atoms with van der Waals surface area (Å²) in [7, 11) is 0. The van der Waals surface area contributed by atoms with Gasteiger partial charge in [0, 0.05) is 38.7 Å². The molecule has 140 valence electrons. The summed E-state index contributed by atoms with van der Waals surface area (Å²) >= 11 is 0. The first kappa shape index (κ1) is 18.7. The van der Waals surface area contributed by atoms with Crippen LogP contribution < -0.4 is 5.73 Å². The van der Waals surface area contributed by atoms with E-state index in [0.717, 1.165) is 6.42 Å². The maximum Gasteiger partial charge on any atom is 0.227 e. The Labute approximate surface area is 158 Å². The summed E-state index contributed by atoms with van der Waals surface area (Å²) < 4.78 is 5.24. The Morgan fingerprint density at radius 3 is 2.59 bits per heavy atom. The highest BCUT2D eigenvalue weighted by Crippen LogP contribution is 2.13. The van der Waals surface area contributed by atoms with Crippen LogP contribution in [0.1, 0.15) is 17.9 Å². The number of benzene rings is 1. The molecule has 0 atom stereocenters. The predicted octanol–water partition coefficient (Wildman–Crippen LogP) is 2.09. The fourth-order valence-corrected chi connectivity index (χ4v) is 2.75. The number of amides is 1. The van der Waals surface area contributed by atoms with E-state index in [9.17, 15) is 4.79 Å². The fourth-order valence-electron chi connectivity index (χ4n) is 2.75. The maximum absolute atomic E-state index is 12.6. The molecule has 27 heavy (non-hydrogen) atoms. The van der Waals surface area contributed by atoms with E-state index in [0.29, 0.717) is 49.9 Å². The van der Waals surface area contributed by atoms with Crippen molar-refractivity contribution in [2.75, 3.05) is 19.6 Å². The average Bonchev–Trinajstić information content (AvgIpc) is 3.20. The van der Waals surface area contributed by atoms with Gasteiger partial charge in [0.25, 0.3) is 0 Å². The SMILES string of the molecule is NCCN(CCc1ccccc1)C(=O)CCc1nc(-c2ccccn2)no1. The van der Waals surface area contributed by atoms with E-state index >= 15 is 0 Å². The Balaban J connectivity index is 1.54. The lowest BCUT2D eigenvalue weighted by molar-refractivity contribution is -0.131. The van der Waals surface area contributed by atoms with Gasteiger partial charge in [-0.05, 0) is 24.1 Å². The summed E-state index contributed by atoms with van der Waals surface area (Å²) in [6, 6.07) is 15.6. The van der Waals surface area contributed by atoms with Gasteiger partial charge < -0.3 is 15.2 Å². The van der Waals surface area contributed by atoms with Crippen LogP contribution in [0.15, 0.2) is 59.3 Å². The Kier molecular flexibility index (Phi) is 6.65. The van der Waals surface area contributed by atoms with Crippen molar-refractivity contribution in [3.63, 3.8) is 0 Å². The van der Waals surface area contributed by atoms with Crippen LogP contribution in [-0.4, -0.2) is 45.6 Å². The van der Waals surface area contributed by atoms with Gasteiger partial charge >= 0.3 is 0 Å². The Morgan fingerprint density at radius 1 is 1.04 bits per heavy atom. The number of carbonyl (C=O) groups is 1. The van der Waals surface area contributed by atoms with Gasteiger partial charge in [0.1, 0.15) is 5.69 Å². The Morgan fingerprint density at radius 2 is 1.85 bits per heavy atom. The molecule has 7 nitrogen and oxygen atoms in total. The number of aromatic nitrogens is 3. The predicted molar refractivity (Wildman–Crippen MR) is 102 cm³/mol. The number of pyridine rings is 1. The number of nitrogens with two attached hydrogens (primary N) is 1. The normalized spacial score (nSPS) is 10.7. The van der Waals surface area contributed by atoms with E-state index in [4.69, 9.17) is 10.3 Å². The molecule has 3 aromatic rings. The van der Waals surface area contributed by atoms with Gasteiger partial charge in [-0.15, -0.1) is 0 Å². The molecule has 3 rings (SSSR count). The van der Waals surface area contributed by atoms with Gasteiger partial charge in [-0.1, -0.05) is 41.6 Å². The molecule has 7 heteroatoms. The topological polar surface area (TPSA) is 98.1 Å². The minimum absolute atomic E-state index is 0.0361. The standard InChI is InChI=1S/C20H23N5O2/c21-12-15-25(14-11-16-6-2-1-3-7-16)19(26)10-9-18-23-20(24-27-18)17-8-4-5-13-22-17/h1-8,13H,9-12,14-15,21H2. The number of rotatable bonds is 9. The van der Waals surface area contributed by atoms with E-state index in [-0.39, 0.29) is 5.91 Å². The molecule has 0 fully saturated rings.